The van der Waals surface area contributed by atoms with E-state index in [2.05, 4.69) is 43.4 Å². The van der Waals surface area contributed by atoms with E-state index in [1.807, 2.05) is 11.8 Å². The van der Waals surface area contributed by atoms with E-state index in [9.17, 15) is 5.11 Å². The molecule has 0 amide bonds. The zero-order valence-corrected chi connectivity index (χ0v) is 13.5. The summed E-state index contributed by atoms with van der Waals surface area (Å²) in [7, 11) is 0. The Morgan fingerprint density at radius 2 is 1.90 bits per heavy atom. The topological polar surface area (TPSA) is 32.3 Å². The van der Waals surface area contributed by atoms with E-state index in [0.29, 0.717) is 0 Å². The maximum absolute atomic E-state index is 9.42. The molecule has 1 aliphatic rings. The Morgan fingerprint density at radius 3 is 2.45 bits per heavy atom. The molecular weight excluding hydrogens is 266 g/mol. The number of aliphatic hydroxyl groups excluding tert-OH is 1. The lowest BCUT2D eigenvalue weighted by Crippen LogP contribution is -2.29. The second kappa shape index (κ2) is 7.37. The average molecular weight is 293 g/mol. The van der Waals surface area contributed by atoms with Crippen molar-refractivity contribution >= 4 is 17.4 Å². The van der Waals surface area contributed by atoms with Crippen LogP contribution in [0.25, 0.3) is 0 Å². The predicted octanol–water partition coefficient (Wildman–Crippen LogP) is 4.54. The molecule has 2 rings (SSSR count). The summed E-state index contributed by atoms with van der Waals surface area (Å²) in [5.74, 6) is 0. The number of hydrogen-bond acceptors (Lipinski definition) is 3. The lowest BCUT2D eigenvalue weighted by Gasteiger charge is -2.26. The summed E-state index contributed by atoms with van der Waals surface area (Å²) in [4.78, 5) is 1.38. The van der Waals surface area contributed by atoms with Crippen molar-refractivity contribution in [2.24, 2.45) is 5.41 Å². The molecule has 0 heterocycles. The zero-order chi connectivity index (χ0) is 14.4. The Bertz CT molecular complexity index is 394. The fourth-order valence-electron chi connectivity index (χ4n) is 2.46. The minimum absolute atomic E-state index is 0.0305. The molecule has 20 heavy (non-hydrogen) atoms. The van der Waals surface area contributed by atoms with Gasteiger partial charge < -0.3 is 10.4 Å². The van der Waals surface area contributed by atoms with Gasteiger partial charge in [-0.3, -0.25) is 0 Å². The molecular formula is C17H27NOS. The molecule has 2 N–H and O–H groups in total. The highest BCUT2D eigenvalue weighted by atomic mass is 32.2. The molecule has 0 aliphatic heterocycles. The van der Waals surface area contributed by atoms with Crippen molar-refractivity contribution < 1.29 is 5.11 Å². The first-order valence-corrected chi connectivity index (χ1v) is 8.64. The van der Waals surface area contributed by atoms with Gasteiger partial charge in [0.15, 0.2) is 0 Å². The van der Waals surface area contributed by atoms with Crippen LogP contribution in [0.2, 0.25) is 0 Å². The van der Waals surface area contributed by atoms with Crippen molar-refractivity contribution in [3.8, 4) is 0 Å². The largest absolute Gasteiger partial charge is 0.396 e. The van der Waals surface area contributed by atoms with Gasteiger partial charge in [-0.15, -0.1) is 11.8 Å². The molecule has 0 radical (unpaired) electrons. The fourth-order valence-corrected chi connectivity index (χ4v) is 3.71. The number of benzene rings is 1. The second-order valence-electron chi connectivity index (χ2n) is 6.22. The number of rotatable bonds is 7. The number of aliphatic hydroxyl groups is 1. The highest BCUT2D eigenvalue weighted by molar-refractivity contribution is 8.00. The molecule has 0 saturated heterocycles. The van der Waals surface area contributed by atoms with Crippen molar-refractivity contribution in [1.82, 2.24) is 0 Å². The Morgan fingerprint density at radius 1 is 1.25 bits per heavy atom. The monoisotopic (exact) mass is 293 g/mol. The molecule has 0 aromatic heterocycles. The summed E-state index contributed by atoms with van der Waals surface area (Å²) in [6, 6.07) is 8.75. The Labute approximate surface area is 127 Å². The van der Waals surface area contributed by atoms with E-state index in [0.717, 1.165) is 23.9 Å². The van der Waals surface area contributed by atoms with Gasteiger partial charge >= 0.3 is 0 Å². The van der Waals surface area contributed by atoms with E-state index in [-0.39, 0.29) is 12.0 Å². The van der Waals surface area contributed by atoms with E-state index in [4.69, 9.17) is 0 Å². The molecule has 1 aliphatic carbocycles. The summed E-state index contributed by atoms with van der Waals surface area (Å²) >= 11 is 2.02. The van der Waals surface area contributed by atoms with Crippen LogP contribution >= 0.6 is 11.8 Å². The van der Waals surface area contributed by atoms with Gasteiger partial charge in [-0.25, -0.2) is 0 Å². The van der Waals surface area contributed by atoms with Crippen LogP contribution in [-0.4, -0.2) is 23.5 Å². The van der Waals surface area contributed by atoms with Crippen LogP contribution in [0.5, 0.6) is 0 Å². The molecule has 0 bridgehead atoms. The van der Waals surface area contributed by atoms with E-state index >= 15 is 0 Å². The summed E-state index contributed by atoms with van der Waals surface area (Å²) in [6.07, 6.45) is 6.51. The van der Waals surface area contributed by atoms with Crippen LogP contribution < -0.4 is 5.32 Å². The minimum atomic E-state index is -0.0305. The van der Waals surface area contributed by atoms with Gasteiger partial charge in [0.25, 0.3) is 0 Å². The Balaban J connectivity index is 1.84. The van der Waals surface area contributed by atoms with E-state index in [1.54, 1.807) is 0 Å². The van der Waals surface area contributed by atoms with Gasteiger partial charge in [0, 0.05) is 27.8 Å². The Hall–Kier alpha value is -0.670. The molecule has 1 aromatic carbocycles. The third kappa shape index (κ3) is 4.42. The lowest BCUT2D eigenvalue weighted by atomic mass is 9.88. The second-order valence-corrected chi connectivity index (χ2v) is 7.60. The number of nitrogens with one attached hydrogen (secondary N) is 1. The smallest absolute Gasteiger partial charge is 0.0501 e. The molecule has 3 heteroatoms. The maximum Gasteiger partial charge on any atom is 0.0501 e. The van der Waals surface area contributed by atoms with Crippen molar-refractivity contribution in [3.05, 3.63) is 24.3 Å². The van der Waals surface area contributed by atoms with Crippen molar-refractivity contribution in [3.63, 3.8) is 0 Å². The van der Waals surface area contributed by atoms with Crippen molar-refractivity contribution in [1.29, 1.82) is 0 Å². The number of thioether (sulfide) groups is 1. The van der Waals surface area contributed by atoms with E-state index < -0.39 is 0 Å². The highest BCUT2D eigenvalue weighted by Crippen LogP contribution is 2.35. The SMILES string of the molecule is CCC(C)(CO)CNc1ccc(SC2CCCC2)cc1. The van der Waals surface area contributed by atoms with Crippen LogP contribution in [0.3, 0.4) is 0 Å². The van der Waals surface area contributed by atoms with Crippen LogP contribution in [0, 0.1) is 5.41 Å². The lowest BCUT2D eigenvalue weighted by molar-refractivity contribution is 0.149. The van der Waals surface area contributed by atoms with Crippen molar-refractivity contribution in [2.75, 3.05) is 18.5 Å². The summed E-state index contributed by atoms with van der Waals surface area (Å²) in [5, 5.41) is 13.7. The quantitative estimate of drug-likeness (QED) is 0.774. The highest BCUT2D eigenvalue weighted by Gasteiger charge is 2.20. The van der Waals surface area contributed by atoms with Crippen LogP contribution in [0.15, 0.2) is 29.2 Å². The first-order chi connectivity index (χ1) is 9.65. The molecule has 1 saturated carbocycles. The van der Waals surface area contributed by atoms with Gasteiger partial charge in [-0.1, -0.05) is 26.7 Å². The minimum Gasteiger partial charge on any atom is -0.396 e. The first-order valence-electron chi connectivity index (χ1n) is 7.77. The normalized spacial score (nSPS) is 18.9. The van der Waals surface area contributed by atoms with E-state index in [1.165, 1.54) is 30.6 Å². The maximum atomic E-state index is 9.42. The molecule has 1 unspecified atom stereocenters. The predicted molar refractivity (Wildman–Crippen MR) is 88.5 cm³/mol. The third-order valence-corrected chi connectivity index (χ3v) is 5.76. The Kier molecular flexibility index (Phi) is 5.79. The summed E-state index contributed by atoms with van der Waals surface area (Å²) < 4.78 is 0. The summed E-state index contributed by atoms with van der Waals surface area (Å²) in [5.41, 5.74) is 1.12. The summed E-state index contributed by atoms with van der Waals surface area (Å²) in [6.45, 7) is 5.28. The molecule has 1 fully saturated rings. The van der Waals surface area contributed by atoms with Gasteiger partial charge in [0.1, 0.15) is 0 Å². The average Bonchev–Trinajstić information content (AvgIpc) is 2.99. The molecule has 112 valence electrons. The first kappa shape index (κ1) is 15.7. The zero-order valence-electron chi connectivity index (χ0n) is 12.7. The fraction of sp³-hybridized carbons (Fsp3) is 0.647. The molecule has 0 spiro atoms. The standard InChI is InChI=1S/C17H27NOS/c1-3-17(2,13-19)12-18-14-8-10-16(11-9-14)20-15-6-4-5-7-15/h8-11,15,18-19H,3-7,12-13H2,1-2H3. The van der Waals surface area contributed by atoms with Gasteiger partial charge in [-0.2, -0.15) is 0 Å². The molecule has 1 atom stereocenters. The van der Waals surface area contributed by atoms with Crippen molar-refractivity contribution in [2.45, 2.75) is 56.1 Å². The van der Waals surface area contributed by atoms with Crippen LogP contribution in [0.1, 0.15) is 46.0 Å². The van der Waals surface area contributed by atoms with Crippen LogP contribution in [0.4, 0.5) is 5.69 Å². The van der Waals surface area contributed by atoms with Gasteiger partial charge in [-0.05, 0) is 43.5 Å². The molecule has 1 aromatic rings. The van der Waals surface area contributed by atoms with Gasteiger partial charge in [0.2, 0.25) is 0 Å². The van der Waals surface area contributed by atoms with Crippen LogP contribution in [-0.2, 0) is 0 Å². The molecule has 2 nitrogen and oxygen atoms in total. The number of anilines is 1. The number of hydrogen-bond donors (Lipinski definition) is 2. The third-order valence-electron chi connectivity index (χ3n) is 4.41. The van der Waals surface area contributed by atoms with Gasteiger partial charge in [0.05, 0.1) is 6.61 Å².